The van der Waals surface area contributed by atoms with E-state index in [1.165, 1.54) is 14.2 Å². The van der Waals surface area contributed by atoms with Gasteiger partial charge < -0.3 is 30.6 Å². The lowest BCUT2D eigenvalue weighted by Gasteiger charge is -2.09. The van der Waals surface area contributed by atoms with Crippen molar-refractivity contribution in [2.24, 2.45) is 21.8 Å². The summed E-state index contributed by atoms with van der Waals surface area (Å²) in [7, 11) is 2.85. The Hall–Kier alpha value is -2.98. The van der Waals surface area contributed by atoms with Crippen molar-refractivity contribution in [3.63, 3.8) is 0 Å². The summed E-state index contributed by atoms with van der Waals surface area (Å²) in [6.07, 6.45) is 5.96. The summed E-state index contributed by atoms with van der Waals surface area (Å²) in [5, 5.41) is 7.31. The van der Waals surface area contributed by atoms with Crippen LogP contribution in [-0.2, 0) is 9.68 Å². The van der Waals surface area contributed by atoms with Crippen LogP contribution in [0, 0.1) is 0 Å². The zero-order valence-electron chi connectivity index (χ0n) is 17.4. The largest absolute Gasteiger partial charge is 0.493 e. The van der Waals surface area contributed by atoms with Crippen molar-refractivity contribution < 1.29 is 19.1 Å². The minimum atomic E-state index is 0. The summed E-state index contributed by atoms with van der Waals surface area (Å²) in [5.41, 5.74) is 12.5. The number of hydrogen-bond acceptors (Lipinski definition) is 8. The molecule has 172 valence electrons. The molecule has 0 radical (unpaired) electrons. The van der Waals surface area contributed by atoms with Gasteiger partial charge in [-0.1, -0.05) is 10.3 Å². The second-order valence-corrected chi connectivity index (χ2v) is 5.83. The van der Waals surface area contributed by atoms with Gasteiger partial charge in [0.15, 0.2) is 11.7 Å². The maximum absolute atomic E-state index is 5.74. The quantitative estimate of drug-likeness (QED) is 0.207. The zero-order chi connectivity index (χ0) is 20.9. The first kappa shape index (κ1) is 28.0. The Kier molecular flexibility index (Phi) is 14.3. The van der Waals surface area contributed by atoms with Crippen LogP contribution in [0.4, 0.5) is 0 Å². The lowest BCUT2D eigenvalue weighted by molar-refractivity contribution is 0.213. The molecule has 0 atom stereocenters. The fraction of sp³-hybridized carbons (Fsp3) is 0.368. The lowest BCUT2D eigenvalue weighted by Crippen LogP contribution is -2.15. The summed E-state index contributed by atoms with van der Waals surface area (Å²) in [5.74, 6) is 1.76. The van der Waals surface area contributed by atoms with Gasteiger partial charge in [0.25, 0.3) is 0 Å². The number of oxime groups is 2. The Bertz CT molecular complexity index is 771. The normalized spacial score (nSPS) is 11.0. The average molecular weight is 475 g/mol. The molecule has 31 heavy (non-hydrogen) atoms. The van der Waals surface area contributed by atoms with Gasteiger partial charge in [-0.15, -0.1) is 24.8 Å². The average Bonchev–Trinajstić information content (AvgIpc) is 2.74. The Morgan fingerprint density at radius 3 is 1.58 bits per heavy atom. The minimum Gasteiger partial charge on any atom is -0.493 e. The van der Waals surface area contributed by atoms with Crippen molar-refractivity contribution in [1.29, 1.82) is 0 Å². The number of halogens is 2. The molecular weight excluding hydrogens is 447 g/mol. The number of nitrogens with two attached hydrogens (primary N) is 2. The van der Waals surface area contributed by atoms with Crippen molar-refractivity contribution in [1.82, 2.24) is 9.97 Å². The Morgan fingerprint density at radius 1 is 0.774 bits per heavy atom. The van der Waals surface area contributed by atoms with Crippen LogP contribution in [0.15, 0.2) is 47.0 Å². The monoisotopic (exact) mass is 474 g/mol. The van der Waals surface area contributed by atoms with Crippen LogP contribution >= 0.6 is 24.8 Å². The van der Waals surface area contributed by atoms with E-state index in [9.17, 15) is 0 Å². The molecule has 0 aromatic carbocycles. The summed E-state index contributed by atoms with van der Waals surface area (Å²) >= 11 is 0. The molecule has 0 spiro atoms. The molecule has 2 heterocycles. The molecule has 0 aliphatic rings. The molecule has 0 aliphatic heterocycles. The van der Waals surface area contributed by atoms with Gasteiger partial charge in [-0.3, -0.25) is 9.97 Å². The summed E-state index contributed by atoms with van der Waals surface area (Å²) in [6, 6.07) is 6.99. The zero-order valence-corrected chi connectivity index (χ0v) is 19.0. The summed E-state index contributed by atoms with van der Waals surface area (Å²) in [6.45, 7) is 1.16. The van der Waals surface area contributed by atoms with Gasteiger partial charge in [-0.2, -0.15) is 0 Å². The van der Waals surface area contributed by atoms with Crippen molar-refractivity contribution in [3.8, 4) is 11.5 Å². The van der Waals surface area contributed by atoms with Gasteiger partial charge in [0, 0.05) is 24.5 Å². The molecule has 12 heteroatoms. The minimum absolute atomic E-state index is 0. The fourth-order valence-corrected chi connectivity index (χ4v) is 2.33. The van der Waals surface area contributed by atoms with Gasteiger partial charge in [-0.25, -0.2) is 0 Å². The highest BCUT2D eigenvalue weighted by atomic mass is 35.5. The van der Waals surface area contributed by atoms with Gasteiger partial charge >= 0.3 is 0 Å². The molecule has 4 N–H and O–H groups in total. The third-order valence-electron chi connectivity index (χ3n) is 3.69. The van der Waals surface area contributed by atoms with Crippen molar-refractivity contribution in [3.05, 3.63) is 48.0 Å². The first-order valence-electron chi connectivity index (χ1n) is 9.05. The number of hydrogen-bond donors (Lipinski definition) is 2. The number of pyridine rings is 2. The van der Waals surface area contributed by atoms with Crippen LogP contribution in [0.1, 0.15) is 30.7 Å². The second-order valence-electron chi connectivity index (χ2n) is 5.83. The van der Waals surface area contributed by atoms with E-state index in [-0.39, 0.29) is 36.5 Å². The highest BCUT2D eigenvalue weighted by Crippen LogP contribution is 2.13. The van der Waals surface area contributed by atoms with Crippen LogP contribution < -0.4 is 20.9 Å². The fourth-order valence-electron chi connectivity index (χ4n) is 2.33. The van der Waals surface area contributed by atoms with Crippen LogP contribution in [0.5, 0.6) is 11.5 Å². The number of nitrogens with zero attached hydrogens (tertiary/aromatic N) is 4. The maximum atomic E-state index is 5.74. The summed E-state index contributed by atoms with van der Waals surface area (Å²) in [4.78, 5) is 17.5. The highest BCUT2D eigenvalue weighted by molar-refractivity contribution is 5.95. The number of unbranched alkanes of at least 4 members (excludes halogenated alkanes) is 2. The smallest absolute Gasteiger partial charge is 0.189 e. The van der Waals surface area contributed by atoms with Crippen LogP contribution in [0.25, 0.3) is 0 Å². The predicted molar refractivity (Wildman–Crippen MR) is 123 cm³/mol. The Labute approximate surface area is 193 Å². The standard InChI is InChI=1S/C19H26N6O4.2ClH/c1-26-24-18(20)16-12-14(6-8-22-16)28-10-4-3-5-11-29-15-7-9-23-17(13-15)19(21)25-27-2;;/h6-9,12-13H,3-5,10-11H2,1-2H3,(H2,20,24)(H2,21,25);2*1H. The van der Waals surface area contributed by atoms with E-state index < -0.39 is 0 Å². The van der Waals surface area contributed by atoms with Gasteiger partial charge in [-0.05, 0) is 31.4 Å². The van der Waals surface area contributed by atoms with Crippen LogP contribution in [0.3, 0.4) is 0 Å². The SMILES string of the molecule is CO/N=C(\N)c1cc(OCCCCCOc2ccnc(/C(N)=N/OC)c2)ccn1.Cl.Cl. The number of amidine groups is 2. The van der Waals surface area contributed by atoms with E-state index in [1.807, 2.05) is 0 Å². The van der Waals surface area contributed by atoms with Crippen molar-refractivity contribution in [2.45, 2.75) is 19.3 Å². The van der Waals surface area contributed by atoms with Gasteiger partial charge in [0.05, 0.1) is 13.2 Å². The highest BCUT2D eigenvalue weighted by Gasteiger charge is 2.05. The van der Waals surface area contributed by atoms with E-state index >= 15 is 0 Å². The van der Waals surface area contributed by atoms with Crippen LogP contribution in [0.2, 0.25) is 0 Å². The summed E-state index contributed by atoms with van der Waals surface area (Å²) < 4.78 is 11.5. The maximum Gasteiger partial charge on any atom is 0.189 e. The van der Waals surface area contributed by atoms with E-state index in [4.69, 9.17) is 20.9 Å². The van der Waals surface area contributed by atoms with E-state index in [2.05, 4.69) is 30.0 Å². The number of ether oxygens (including phenoxy) is 2. The molecule has 0 amide bonds. The molecule has 0 saturated heterocycles. The molecular formula is C19H28Cl2N6O4. The molecule has 0 unspecified atom stereocenters. The van der Waals surface area contributed by atoms with Crippen LogP contribution in [-0.4, -0.2) is 49.1 Å². The molecule has 10 nitrogen and oxygen atoms in total. The van der Waals surface area contributed by atoms with Crippen molar-refractivity contribution >= 4 is 36.5 Å². The van der Waals surface area contributed by atoms with Crippen molar-refractivity contribution in [2.75, 3.05) is 27.4 Å². The first-order chi connectivity index (χ1) is 14.1. The molecule has 2 rings (SSSR count). The Balaban J connectivity index is 0.00000450. The molecule has 0 saturated carbocycles. The van der Waals surface area contributed by atoms with E-state index in [0.717, 1.165) is 19.3 Å². The lowest BCUT2D eigenvalue weighted by atomic mass is 10.2. The Morgan fingerprint density at radius 2 is 1.19 bits per heavy atom. The third kappa shape index (κ3) is 10.1. The molecule has 0 fully saturated rings. The predicted octanol–water partition coefficient (Wildman–Crippen LogP) is 2.48. The molecule has 0 aliphatic carbocycles. The van der Waals surface area contributed by atoms with Gasteiger partial charge in [0.2, 0.25) is 0 Å². The number of aromatic nitrogens is 2. The first-order valence-corrected chi connectivity index (χ1v) is 9.05. The molecule has 2 aromatic heterocycles. The third-order valence-corrected chi connectivity index (χ3v) is 3.69. The molecule has 0 bridgehead atoms. The number of rotatable bonds is 12. The van der Waals surface area contributed by atoms with E-state index in [0.29, 0.717) is 36.1 Å². The molecule has 2 aromatic rings. The van der Waals surface area contributed by atoms with Gasteiger partial charge in [0.1, 0.15) is 37.1 Å². The topological polar surface area (TPSA) is 139 Å². The van der Waals surface area contributed by atoms with E-state index in [1.54, 1.807) is 36.7 Å². The second kappa shape index (κ2) is 15.8.